The Kier molecular flexibility index (Phi) is 3.62. The zero-order chi connectivity index (χ0) is 16.9. The van der Waals surface area contributed by atoms with Crippen LogP contribution in [-0.2, 0) is 9.84 Å². The number of nitrogens with one attached hydrogen (secondary N) is 1. The van der Waals surface area contributed by atoms with Gasteiger partial charge < -0.3 is 4.98 Å². The number of hydrogen-bond acceptors (Lipinski definition) is 3. The first-order valence-corrected chi connectivity index (χ1v) is 10.8. The summed E-state index contributed by atoms with van der Waals surface area (Å²) in [6.07, 6.45) is 3.47. The molecular formula is C19H21NO2S2. The van der Waals surface area contributed by atoms with Gasteiger partial charge in [0.1, 0.15) is 0 Å². The molecule has 1 aromatic carbocycles. The van der Waals surface area contributed by atoms with Crippen molar-refractivity contribution in [2.45, 2.75) is 37.4 Å². The molecule has 1 fully saturated rings. The maximum Gasteiger partial charge on any atom is 0.155 e. The summed E-state index contributed by atoms with van der Waals surface area (Å²) in [6, 6.07) is 8.63. The van der Waals surface area contributed by atoms with E-state index in [1.807, 2.05) is 13.8 Å². The summed E-state index contributed by atoms with van der Waals surface area (Å²) in [5.74, 6) is 0.566. The van der Waals surface area contributed by atoms with E-state index in [1.165, 1.54) is 22.1 Å². The molecule has 1 atom stereocenters. The molecule has 0 radical (unpaired) electrons. The van der Waals surface area contributed by atoms with Crippen LogP contribution in [0.2, 0.25) is 0 Å². The fourth-order valence-corrected chi connectivity index (χ4v) is 6.02. The summed E-state index contributed by atoms with van der Waals surface area (Å²) in [6.45, 7) is 3.72. The van der Waals surface area contributed by atoms with Gasteiger partial charge in [-0.1, -0.05) is 6.07 Å². The van der Waals surface area contributed by atoms with Crippen molar-refractivity contribution in [1.29, 1.82) is 0 Å². The quantitative estimate of drug-likeness (QED) is 0.702. The Morgan fingerprint density at radius 3 is 2.75 bits per heavy atom. The minimum Gasteiger partial charge on any atom is -0.361 e. The number of aromatic nitrogens is 1. The average molecular weight is 360 g/mol. The molecule has 5 heteroatoms. The third kappa shape index (κ3) is 2.50. The molecule has 126 valence electrons. The lowest BCUT2D eigenvalue weighted by atomic mass is 9.86. The molecule has 1 N–H and O–H groups in total. The molecule has 24 heavy (non-hydrogen) atoms. The van der Waals surface area contributed by atoms with E-state index in [9.17, 15) is 8.42 Å². The molecule has 0 aliphatic carbocycles. The summed E-state index contributed by atoms with van der Waals surface area (Å²) in [5, 5.41) is 5.47. The van der Waals surface area contributed by atoms with Crippen LogP contribution in [0.5, 0.6) is 0 Å². The van der Waals surface area contributed by atoms with Gasteiger partial charge in [-0.2, -0.15) is 11.3 Å². The Bertz CT molecular complexity index is 982. The molecule has 0 bridgehead atoms. The Morgan fingerprint density at radius 1 is 1.21 bits per heavy atom. The number of benzene rings is 1. The molecule has 3 nitrogen and oxygen atoms in total. The lowest BCUT2D eigenvalue weighted by Crippen LogP contribution is -2.40. The molecule has 2 aromatic heterocycles. The van der Waals surface area contributed by atoms with Crippen LogP contribution in [0.4, 0.5) is 0 Å². The van der Waals surface area contributed by atoms with Crippen LogP contribution in [0, 0.1) is 0 Å². The van der Waals surface area contributed by atoms with Crippen molar-refractivity contribution in [3.63, 3.8) is 0 Å². The first-order valence-electron chi connectivity index (χ1n) is 8.23. The van der Waals surface area contributed by atoms with Crippen LogP contribution in [-0.4, -0.2) is 23.9 Å². The Labute approximate surface area is 146 Å². The summed E-state index contributed by atoms with van der Waals surface area (Å²) in [7, 11) is -2.99. The summed E-state index contributed by atoms with van der Waals surface area (Å²) in [4.78, 5) is 3.36. The van der Waals surface area contributed by atoms with Gasteiger partial charge in [-0.15, -0.1) is 0 Å². The third-order valence-corrected chi connectivity index (χ3v) is 8.63. The lowest BCUT2D eigenvalue weighted by molar-refractivity contribution is 0.451. The van der Waals surface area contributed by atoms with E-state index in [0.29, 0.717) is 12.8 Å². The minimum atomic E-state index is -2.99. The number of aromatic amines is 1. The van der Waals surface area contributed by atoms with E-state index >= 15 is 0 Å². The van der Waals surface area contributed by atoms with Crippen molar-refractivity contribution in [3.05, 3.63) is 46.8 Å². The van der Waals surface area contributed by atoms with Crippen LogP contribution < -0.4 is 0 Å². The van der Waals surface area contributed by atoms with E-state index in [2.05, 4.69) is 46.2 Å². The highest BCUT2D eigenvalue weighted by molar-refractivity contribution is 7.92. The van der Waals surface area contributed by atoms with E-state index in [4.69, 9.17) is 0 Å². The summed E-state index contributed by atoms with van der Waals surface area (Å²) < 4.78 is 23.9. The second-order valence-corrected chi connectivity index (χ2v) is 10.8. The average Bonchev–Trinajstić information content (AvgIpc) is 3.18. The zero-order valence-corrected chi connectivity index (χ0v) is 15.5. The molecule has 1 saturated heterocycles. The van der Waals surface area contributed by atoms with E-state index in [0.717, 1.165) is 5.52 Å². The highest BCUT2D eigenvalue weighted by atomic mass is 32.2. The molecule has 1 aliphatic heterocycles. The van der Waals surface area contributed by atoms with Crippen LogP contribution >= 0.6 is 11.3 Å². The van der Waals surface area contributed by atoms with Gasteiger partial charge in [0.05, 0.1) is 10.5 Å². The molecule has 0 amide bonds. The minimum absolute atomic E-state index is 0.279. The van der Waals surface area contributed by atoms with E-state index in [1.54, 1.807) is 11.3 Å². The van der Waals surface area contributed by atoms with Crippen LogP contribution in [0.1, 0.15) is 38.2 Å². The highest BCUT2D eigenvalue weighted by Crippen LogP contribution is 2.42. The van der Waals surface area contributed by atoms with Gasteiger partial charge in [-0.3, -0.25) is 0 Å². The number of hydrogen-bond donors (Lipinski definition) is 1. The molecule has 4 rings (SSSR count). The van der Waals surface area contributed by atoms with Crippen molar-refractivity contribution in [2.75, 3.05) is 5.75 Å². The Hall–Kier alpha value is -1.59. The van der Waals surface area contributed by atoms with Gasteiger partial charge in [0.2, 0.25) is 0 Å². The third-order valence-electron chi connectivity index (χ3n) is 5.32. The van der Waals surface area contributed by atoms with Crippen molar-refractivity contribution >= 4 is 32.1 Å². The summed E-state index contributed by atoms with van der Waals surface area (Å²) >= 11 is 1.70. The van der Waals surface area contributed by atoms with Gasteiger partial charge in [-0.05, 0) is 78.3 Å². The molecule has 3 aromatic rings. The topological polar surface area (TPSA) is 49.9 Å². The van der Waals surface area contributed by atoms with Gasteiger partial charge >= 0.3 is 0 Å². The van der Waals surface area contributed by atoms with E-state index < -0.39 is 14.6 Å². The second-order valence-electron chi connectivity index (χ2n) is 7.28. The molecule has 0 spiro atoms. The molecule has 0 saturated carbocycles. The Balaban J connectivity index is 1.76. The lowest BCUT2D eigenvalue weighted by Gasteiger charge is -2.34. The van der Waals surface area contributed by atoms with E-state index in [-0.39, 0.29) is 11.7 Å². The van der Waals surface area contributed by atoms with Crippen molar-refractivity contribution in [3.8, 4) is 11.1 Å². The van der Waals surface area contributed by atoms with Crippen LogP contribution in [0.15, 0.2) is 41.2 Å². The number of sulfone groups is 1. The van der Waals surface area contributed by atoms with Crippen LogP contribution in [0.25, 0.3) is 22.0 Å². The molecule has 1 aliphatic rings. The van der Waals surface area contributed by atoms with Crippen LogP contribution in [0.3, 0.4) is 0 Å². The predicted octanol–water partition coefficient (Wildman–Crippen LogP) is 4.97. The predicted molar refractivity (Wildman–Crippen MR) is 101 cm³/mol. The molecule has 3 heterocycles. The number of H-pyrrole nitrogens is 1. The number of rotatable bonds is 2. The maximum absolute atomic E-state index is 12.3. The standard InChI is InChI=1S/C19H21NO2S2/c1-19(2)10-14(6-8-24(19,21)22)17-11-20-18-4-3-13(9-16(17)18)15-5-7-23-12-15/h3-5,7,9,11-12,14,20H,6,8,10H2,1-2H3. The fraction of sp³-hybridized carbons (Fsp3) is 0.368. The summed E-state index contributed by atoms with van der Waals surface area (Å²) in [5.41, 5.74) is 4.83. The normalized spacial score (nSPS) is 22.7. The number of fused-ring (bicyclic) bond motifs is 1. The van der Waals surface area contributed by atoms with Crippen molar-refractivity contribution < 1.29 is 8.42 Å². The molecular weight excluding hydrogens is 338 g/mol. The first kappa shape index (κ1) is 15.9. The second kappa shape index (κ2) is 5.46. The first-order chi connectivity index (χ1) is 11.4. The largest absolute Gasteiger partial charge is 0.361 e. The highest BCUT2D eigenvalue weighted by Gasteiger charge is 2.41. The monoisotopic (exact) mass is 359 g/mol. The smallest absolute Gasteiger partial charge is 0.155 e. The van der Waals surface area contributed by atoms with Crippen molar-refractivity contribution in [2.24, 2.45) is 0 Å². The Morgan fingerprint density at radius 2 is 2.04 bits per heavy atom. The SMILES string of the molecule is CC1(C)CC(c2c[nH]c3ccc(-c4ccsc4)cc23)CCS1(=O)=O. The maximum atomic E-state index is 12.3. The van der Waals surface area contributed by atoms with Gasteiger partial charge in [-0.25, -0.2) is 8.42 Å². The zero-order valence-electron chi connectivity index (χ0n) is 13.9. The van der Waals surface area contributed by atoms with Gasteiger partial charge in [0.25, 0.3) is 0 Å². The van der Waals surface area contributed by atoms with Crippen molar-refractivity contribution in [1.82, 2.24) is 4.98 Å². The fourth-order valence-electron chi connectivity index (χ4n) is 3.75. The molecule has 1 unspecified atom stereocenters. The van der Waals surface area contributed by atoms with Gasteiger partial charge in [0.15, 0.2) is 9.84 Å². The number of thiophene rings is 1. The van der Waals surface area contributed by atoms with Gasteiger partial charge in [0, 0.05) is 17.1 Å².